The zero-order valence-electron chi connectivity index (χ0n) is 9.96. The van der Waals surface area contributed by atoms with Crippen LogP contribution in [0.25, 0.3) is 0 Å². The van der Waals surface area contributed by atoms with E-state index in [4.69, 9.17) is 4.74 Å². The van der Waals surface area contributed by atoms with Gasteiger partial charge in [0.25, 0.3) is 0 Å². The highest BCUT2D eigenvalue weighted by molar-refractivity contribution is 5.79. The lowest BCUT2D eigenvalue weighted by Crippen LogP contribution is -2.33. The van der Waals surface area contributed by atoms with E-state index in [9.17, 15) is 4.79 Å². The molecule has 0 radical (unpaired) electrons. The van der Waals surface area contributed by atoms with Gasteiger partial charge in [-0.3, -0.25) is 4.79 Å². The average molecular weight is 198 g/mol. The summed E-state index contributed by atoms with van der Waals surface area (Å²) in [5.41, 5.74) is -0.482. The lowest BCUT2D eigenvalue weighted by Gasteiger charge is -2.27. The topological polar surface area (TPSA) is 26.3 Å². The monoisotopic (exact) mass is 198 g/mol. The second kappa shape index (κ2) is 5.84. The molecule has 0 saturated heterocycles. The summed E-state index contributed by atoms with van der Waals surface area (Å²) in [6.07, 6.45) is 4.71. The van der Waals surface area contributed by atoms with Crippen LogP contribution in [0.3, 0.4) is 0 Å². The Hall–Kier alpha value is -0.790. The van der Waals surface area contributed by atoms with Crippen LogP contribution in [0.2, 0.25) is 0 Å². The summed E-state index contributed by atoms with van der Waals surface area (Å²) in [7, 11) is 0. The third-order valence-electron chi connectivity index (χ3n) is 2.59. The van der Waals surface area contributed by atoms with Crippen molar-refractivity contribution in [3.63, 3.8) is 0 Å². The number of hydrogen-bond acceptors (Lipinski definition) is 2. The van der Waals surface area contributed by atoms with Crippen molar-refractivity contribution in [2.45, 2.75) is 41.0 Å². The molecule has 0 aliphatic rings. The van der Waals surface area contributed by atoms with E-state index in [0.717, 1.165) is 6.42 Å². The van der Waals surface area contributed by atoms with Gasteiger partial charge in [0.1, 0.15) is 0 Å². The smallest absolute Gasteiger partial charge is 0.315 e. The first-order valence-electron chi connectivity index (χ1n) is 5.30. The van der Waals surface area contributed by atoms with E-state index in [0.29, 0.717) is 6.61 Å². The fourth-order valence-corrected chi connectivity index (χ4v) is 1.19. The number of carbonyl (C=O) groups is 1. The summed E-state index contributed by atoms with van der Waals surface area (Å²) in [4.78, 5) is 11.8. The Morgan fingerprint density at radius 3 is 2.43 bits per heavy atom. The van der Waals surface area contributed by atoms with Gasteiger partial charge in [-0.15, -0.1) is 0 Å². The standard InChI is InChI=1S/C12H22O2/c1-6-8-12(5,10(3)4)11(13)14-9-7-2/h6,8,10H,7,9H2,1-5H3. The Kier molecular flexibility index (Phi) is 5.51. The van der Waals surface area contributed by atoms with Crippen LogP contribution in [-0.2, 0) is 9.53 Å². The number of ether oxygens (including phenoxy) is 1. The van der Waals surface area contributed by atoms with Gasteiger partial charge in [0.15, 0.2) is 0 Å². The van der Waals surface area contributed by atoms with Crippen molar-refractivity contribution in [2.75, 3.05) is 6.61 Å². The summed E-state index contributed by atoms with van der Waals surface area (Å²) in [6.45, 7) is 10.4. The SMILES string of the molecule is CC=CC(C)(C(=O)OCCC)C(C)C. The van der Waals surface area contributed by atoms with E-state index in [2.05, 4.69) is 0 Å². The van der Waals surface area contributed by atoms with Gasteiger partial charge in [-0.05, 0) is 26.2 Å². The van der Waals surface area contributed by atoms with Gasteiger partial charge < -0.3 is 4.74 Å². The summed E-state index contributed by atoms with van der Waals surface area (Å²) in [5, 5.41) is 0. The molecular weight excluding hydrogens is 176 g/mol. The van der Waals surface area contributed by atoms with Crippen molar-refractivity contribution in [1.29, 1.82) is 0 Å². The largest absolute Gasteiger partial charge is 0.465 e. The predicted octanol–water partition coefficient (Wildman–Crippen LogP) is 3.18. The quantitative estimate of drug-likeness (QED) is 0.501. The van der Waals surface area contributed by atoms with Gasteiger partial charge >= 0.3 is 5.97 Å². The summed E-state index contributed by atoms with van der Waals surface area (Å²) in [6, 6.07) is 0. The van der Waals surface area contributed by atoms with Crippen molar-refractivity contribution >= 4 is 5.97 Å². The Morgan fingerprint density at radius 1 is 1.50 bits per heavy atom. The molecule has 0 bridgehead atoms. The number of hydrogen-bond donors (Lipinski definition) is 0. The second-order valence-electron chi connectivity index (χ2n) is 4.07. The zero-order chi connectivity index (χ0) is 11.2. The lowest BCUT2D eigenvalue weighted by atomic mass is 9.79. The summed E-state index contributed by atoms with van der Waals surface area (Å²) < 4.78 is 5.18. The molecule has 0 aliphatic carbocycles. The van der Waals surface area contributed by atoms with Gasteiger partial charge in [0.05, 0.1) is 12.0 Å². The average Bonchev–Trinajstić information content (AvgIpc) is 2.14. The number of carbonyl (C=O) groups excluding carboxylic acids is 1. The van der Waals surface area contributed by atoms with Gasteiger partial charge in [-0.25, -0.2) is 0 Å². The molecule has 0 N–H and O–H groups in total. The highest BCUT2D eigenvalue weighted by Crippen LogP contribution is 2.30. The van der Waals surface area contributed by atoms with E-state index in [-0.39, 0.29) is 11.9 Å². The van der Waals surface area contributed by atoms with Gasteiger partial charge in [-0.1, -0.05) is 32.9 Å². The van der Waals surface area contributed by atoms with Crippen molar-refractivity contribution in [2.24, 2.45) is 11.3 Å². The lowest BCUT2D eigenvalue weighted by molar-refractivity contribution is -0.154. The highest BCUT2D eigenvalue weighted by atomic mass is 16.5. The molecule has 0 aromatic heterocycles. The maximum absolute atomic E-state index is 11.8. The first-order valence-corrected chi connectivity index (χ1v) is 5.30. The molecule has 0 aromatic carbocycles. The molecule has 0 amide bonds. The highest BCUT2D eigenvalue weighted by Gasteiger charge is 2.35. The summed E-state index contributed by atoms with van der Waals surface area (Å²) >= 11 is 0. The molecule has 14 heavy (non-hydrogen) atoms. The van der Waals surface area contributed by atoms with Crippen LogP contribution in [0, 0.1) is 11.3 Å². The van der Waals surface area contributed by atoms with E-state index in [1.807, 2.05) is 46.8 Å². The minimum absolute atomic E-state index is 0.118. The molecule has 0 aromatic rings. The number of esters is 1. The molecule has 2 heteroatoms. The summed E-state index contributed by atoms with van der Waals surface area (Å²) in [5.74, 6) is 0.135. The van der Waals surface area contributed by atoms with Crippen LogP contribution in [0.4, 0.5) is 0 Å². The molecular formula is C12H22O2. The van der Waals surface area contributed by atoms with Crippen molar-refractivity contribution in [3.8, 4) is 0 Å². The fourth-order valence-electron chi connectivity index (χ4n) is 1.19. The van der Waals surface area contributed by atoms with Crippen molar-refractivity contribution in [3.05, 3.63) is 12.2 Å². The van der Waals surface area contributed by atoms with Crippen LogP contribution in [0.15, 0.2) is 12.2 Å². The van der Waals surface area contributed by atoms with Crippen molar-refractivity contribution < 1.29 is 9.53 Å². The van der Waals surface area contributed by atoms with E-state index in [1.54, 1.807) is 0 Å². The Morgan fingerprint density at radius 2 is 2.07 bits per heavy atom. The van der Waals surface area contributed by atoms with E-state index >= 15 is 0 Å². The van der Waals surface area contributed by atoms with Gasteiger partial charge in [0.2, 0.25) is 0 Å². The van der Waals surface area contributed by atoms with Crippen LogP contribution < -0.4 is 0 Å². The second-order valence-corrected chi connectivity index (χ2v) is 4.07. The minimum Gasteiger partial charge on any atom is -0.465 e. The molecule has 1 unspecified atom stereocenters. The van der Waals surface area contributed by atoms with Crippen LogP contribution >= 0.6 is 0 Å². The third kappa shape index (κ3) is 3.17. The molecule has 0 rings (SSSR count). The van der Waals surface area contributed by atoms with Crippen LogP contribution in [0.5, 0.6) is 0 Å². The Balaban J connectivity index is 4.56. The van der Waals surface area contributed by atoms with Gasteiger partial charge in [0, 0.05) is 0 Å². The predicted molar refractivity (Wildman–Crippen MR) is 59.0 cm³/mol. The molecule has 0 aliphatic heterocycles. The van der Waals surface area contributed by atoms with E-state index < -0.39 is 5.41 Å². The fraction of sp³-hybridized carbons (Fsp3) is 0.750. The third-order valence-corrected chi connectivity index (χ3v) is 2.59. The molecule has 2 nitrogen and oxygen atoms in total. The first-order chi connectivity index (χ1) is 6.49. The zero-order valence-corrected chi connectivity index (χ0v) is 9.96. The Bertz CT molecular complexity index is 206. The number of allylic oxidation sites excluding steroid dienone is 1. The van der Waals surface area contributed by atoms with Crippen LogP contribution in [-0.4, -0.2) is 12.6 Å². The maximum atomic E-state index is 11.8. The normalized spacial score (nSPS) is 15.9. The van der Waals surface area contributed by atoms with Crippen molar-refractivity contribution in [1.82, 2.24) is 0 Å². The molecule has 1 atom stereocenters. The van der Waals surface area contributed by atoms with Crippen LogP contribution in [0.1, 0.15) is 41.0 Å². The molecule has 0 spiro atoms. The maximum Gasteiger partial charge on any atom is 0.315 e. The molecule has 0 saturated carbocycles. The minimum atomic E-state index is -0.482. The van der Waals surface area contributed by atoms with E-state index in [1.165, 1.54) is 0 Å². The first kappa shape index (κ1) is 13.2. The molecule has 82 valence electrons. The molecule has 0 heterocycles. The molecule has 0 fully saturated rings. The number of rotatable bonds is 5. The Labute approximate surface area is 87.3 Å². The van der Waals surface area contributed by atoms with Gasteiger partial charge in [-0.2, -0.15) is 0 Å².